The van der Waals surface area contributed by atoms with E-state index in [2.05, 4.69) is 0 Å². The van der Waals surface area contributed by atoms with Gasteiger partial charge in [-0.1, -0.05) is 0 Å². The molecule has 0 aliphatic rings. The van der Waals surface area contributed by atoms with Crippen LogP contribution in [0.5, 0.6) is 0 Å². The summed E-state index contributed by atoms with van der Waals surface area (Å²) in [5, 5.41) is 26.7. The molecule has 0 aromatic carbocycles. The van der Waals surface area contributed by atoms with E-state index in [1.54, 1.807) is 0 Å². The number of aldehydes is 1. The maximum Gasteiger partial charge on any atom is 0.139 e. The molecule has 4 atom stereocenters. The number of rotatable bonds is 4. The van der Waals surface area contributed by atoms with Crippen molar-refractivity contribution in [1.82, 2.24) is 0 Å². The van der Waals surface area contributed by atoms with Crippen LogP contribution in [0.4, 0.5) is 0 Å². The van der Waals surface area contributed by atoms with Crippen molar-refractivity contribution in [3.05, 3.63) is 0 Å². The Labute approximate surface area is 64.4 Å². The second-order valence-electron chi connectivity index (χ2n) is 2.44. The van der Waals surface area contributed by atoms with E-state index < -0.39 is 24.4 Å². The van der Waals surface area contributed by atoms with Crippen LogP contribution < -0.4 is 5.73 Å². The lowest BCUT2D eigenvalue weighted by Crippen LogP contribution is -2.48. The average molecular weight is 163 g/mol. The molecular weight excluding hydrogens is 150 g/mol. The standard InChI is InChI=1S/C6H13NO4/c1-3(9)5(10)6(11)4(7)2-8/h2-6,9-11H,7H2,1H3/t3-,4-,5-,6-/m0/s1. The Morgan fingerprint density at radius 2 is 1.73 bits per heavy atom. The number of carbonyl (C=O) groups is 1. The molecule has 0 heterocycles. The average Bonchev–Trinajstić information content (AvgIpc) is 2.00. The SMILES string of the molecule is C[C@H](O)[C@H](O)[C@@H](O)[C@@H](N)C=O. The Kier molecular flexibility index (Phi) is 4.20. The van der Waals surface area contributed by atoms with Crippen LogP contribution in [-0.4, -0.2) is 46.0 Å². The first-order valence-corrected chi connectivity index (χ1v) is 3.25. The zero-order chi connectivity index (χ0) is 9.02. The second kappa shape index (κ2) is 4.40. The Balaban J connectivity index is 4.00. The van der Waals surface area contributed by atoms with Gasteiger partial charge in [-0.15, -0.1) is 0 Å². The molecule has 66 valence electrons. The molecule has 0 aliphatic heterocycles. The van der Waals surface area contributed by atoms with Crippen LogP contribution in [0.15, 0.2) is 0 Å². The van der Waals surface area contributed by atoms with Crippen LogP contribution in [0.2, 0.25) is 0 Å². The van der Waals surface area contributed by atoms with Crippen molar-refractivity contribution < 1.29 is 20.1 Å². The van der Waals surface area contributed by atoms with Gasteiger partial charge in [0, 0.05) is 0 Å². The Morgan fingerprint density at radius 1 is 1.27 bits per heavy atom. The Morgan fingerprint density at radius 3 is 2.00 bits per heavy atom. The number of aliphatic hydroxyl groups is 3. The van der Waals surface area contributed by atoms with E-state index >= 15 is 0 Å². The van der Waals surface area contributed by atoms with Crippen molar-refractivity contribution in [3.63, 3.8) is 0 Å². The van der Waals surface area contributed by atoms with Gasteiger partial charge in [0.15, 0.2) is 0 Å². The smallest absolute Gasteiger partial charge is 0.139 e. The first-order valence-electron chi connectivity index (χ1n) is 3.25. The minimum absolute atomic E-state index is 0.316. The van der Waals surface area contributed by atoms with Crippen molar-refractivity contribution in [1.29, 1.82) is 0 Å². The molecule has 0 saturated carbocycles. The molecule has 0 spiro atoms. The molecular formula is C6H13NO4. The quantitative estimate of drug-likeness (QED) is 0.346. The van der Waals surface area contributed by atoms with Gasteiger partial charge >= 0.3 is 0 Å². The molecule has 0 aromatic heterocycles. The van der Waals surface area contributed by atoms with Gasteiger partial charge in [-0.2, -0.15) is 0 Å². The summed E-state index contributed by atoms with van der Waals surface area (Å²) in [7, 11) is 0. The summed E-state index contributed by atoms with van der Waals surface area (Å²) in [6, 6.07) is -1.15. The molecule has 0 aliphatic carbocycles. The van der Waals surface area contributed by atoms with Crippen LogP contribution >= 0.6 is 0 Å². The molecule has 0 amide bonds. The summed E-state index contributed by atoms with van der Waals surface area (Å²) in [5.74, 6) is 0. The molecule has 5 nitrogen and oxygen atoms in total. The van der Waals surface area contributed by atoms with Gasteiger partial charge in [-0.3, -0.25) is 0 Å². The van der Waals surface area contributed by atoms with Crippen molar-refractivity contribution in [2.45, 2.75) is 31.3 Å². The zero-order valence-electron chi connectivity index (χ0n) is 6.21. The van der Waals surface area contributed by atoms with E-state index in [-0.39, 0.29) is 0 Å². The molecule has 0 unspecified atom stereocenters. The monoisotopic (exact) mass is 163 g/mol. The fourth-order valence-electron chi connectivity index (χ4n) is 0.594. The fourth-order valence-corrected chi connectivity index (χ4v) is 0.594. The molecule has 5 heteroatoms. The van der Waals surface area contributed by atoms with Crippen LogP contribution in [0.3, 0.4) is 0 Å². The van der Waals surface area contributed by atoms with E-state index in [0.29, 0.717) is 6.29 Å². The molecule has 0 aromatic rings. The Bertz CT molecular complexity index is 128. The van der Waals surface area contributed by atoms with Crippen LogP contribution in [0.25, 0.3) is 0 Å². The maximum absolute atomic E-state index is 10.00. The lowest BCUT2D eigenvalue weighted by molar-refractivity contribution is -0.115. The number of hydrogen-bond acceptors (Lipinski definition) is 5. The summed E-state index contributed by atoms with van der Waals surface area (Å²) in [4.78, 5) is 10.00. The van der Waals surface area contributed by atoms with Gasteiger partial charge in [0.05, 0.1) is 12.1 Å². The van der Waals surface area contributed by atoms with Crippen molar-refractivity contribution in [2.75, 3.05) is 0 Å². The predicted octanol–water partition coefficient (Wildman–Crippen LogP) is -2.38. The van der Waals surface area contributed by atoms with E-state index in [4.69, 9.17) is 21.1 Å². The normalized spacial score (nSPS) is 21.9. The lowest BCUT2D eigenvalue weighted by Gasteiger charge is -2.21. The zero-order valence-corrected chi connectivity index (χ0v) is 6.21. The molecule has 0 bridgehead atoms. The number of nitrogens with two attached hydrogens (primary N) is 1. The first-order chi connectivity index (χ1) is 5.00. The molecule has 0 fully saturated rings. The summed E-state index contributed by atoms with van der Waals surface area (Å²) >= 11 is 0. The predicted molar refractivity (Wildman–Crippen MR) is 37.7 cm³/mol. The van der Waals surface area contributed by atoms with E-state index in [1.165, 1.54) is 6.92 Å². The molecule has 0 rings (SSSR count). The maximum atomic E-state index is 10.00. The highest BCUT2D eigenvalue weighted by Crippen LogP contribution is 2.01. The highest BCUT2D eigenvalue weighted by Gasteiger charge is 2.26. The van der Waals surface area contributed by atoms with E-state index in [1.807, 2.05) is 0 Å². The topological polar surface area (TPSA) is 104 Å². The summed E-state index contributed by atoms with van der Waals surface area (Å²) in [5.41, 5.74) is 5.07. The van der Waals surface area contributed by atoms with Crippen LogP contribution in [0, 0.1) is 0 Å². The summed E-state index contributed by atoms with van der Waals surface area (Å²) in [6.07, 6.45) is -3.57. The summed E-state index contributed by atoms with van der Waals surface area (Å²) < 4.78 is 0. The molecule has 11 heavy (non-hydrogen) atoms. The van der Waals surface area contributed by atoms with E-state index in [9.17, 15) is 4.79 Å². The largest absolute Gasteiger partial charge is 0.391 e. The van der Waals surface area contributed by atoms with Crippen LogP contribution in [-0.2, 0) is 4.79 Å². The number of hydrogen-bond donors (Lipinski definition) is 4. The van der Waals surface area contributed by atoms with Crippen LogP contribution in [0.1, 0.15) is 6.92 Å². The fraction of sp³-hybridized carbons (Fsp3) is 0.833. The minimum Gasteiger partial charge on any atom is -0.391 e. The van der Waals surface area contributed by atoms with Crippen molar-refractivity contribution in [3.8, 4) is 0 Å². The lowest BCUT2D eigenvalue weighted by atomic mass is 10.0. The van der Waals surface area contributed by atoms with Gasteiger partial charge in [0.1, 0.15) is 18.5 Å². The third-order valence-electron chi connectivity index (χ3n) is 1.40. The van der Waals surface area contributed by atoms with Gasteiger partial charge < -0.3 is 25.8 Å². The second-order valence-corrected chi connectivity index (χ2v) is 2.44. The Hall–Kier alpha value is -0.490. The third-order valence-corrected chi connectivity index (χ3v) is 1.40. The summed E-state index contributed by atoms with van der Waals surface area (Å²) in [6.45, 7) is 1.30. The first kappa shape index (κ1) is 10.5. The van der Waals surface area contributed by atoms with Gasteiger partial charge in [-0.05, 0) is 6.92 Å². The highest BCUT2D eigenvalue weighted by atomic mass is 16.4. The number of carbonyl (C=O) groups excluding carboxylic acids is 1. The minimum atomic E-state index is -1.41. The molecule has 5 N–H and O–H groups in total. The van der Waals surface area contributed by atoms with E-state index in [0.717, 1.165) is 0 Å². The van der Waals surface area contributed by atoms with Gasteiger partial charge in [0.25, 0.3) is 0 Å². The molecule has 0 saturated heterocycles. The van der Waals surface area contributed by atoms with Crippen molar-refractivity contribution in [2.24, 2.45) is 5.73 Å². The number of aliphatic hydroxyl groups excluding tert-OH is 3. The van der Waals surface area contributed by atoms with Gasteiger partial charge in [-0.25, -0.2) is 0 Å². The third kappa shape index (κ3) is 2.94. The highest BCUT2D eigenvalue weighted by molar-refractivity contribution is 5.58. The van der Waals surface area contributed by atoms with Crippen molar-refractivity contribution >= 4 is 6.29 Å². The molecule has 0 radical (unpaired) electrons. The van der Waals surface area contributed by atoms with Gasteiger partial charge in [0.2, 0.25) is 0 Å².